The van der Waals surface area contributed by atoms with Crippen molar-refractivity contribution in [3.05, 3.63) is 58.5 Å². The predicted octanol–water partition coefficient (Wildman–Crippen LogP) is 1.87. The van der Waals surface area contributed by atoms with Gasteiger partial charge in [-0.25, -0.2) is 13.2 Å². The molecular weight excluding hydrogens is 619 g/mol. The number of fused-ring (bicyclic) bond motifs is 1. The van der Waals surface area contributed by atoms with Gasteiger partial charge in [-0.1, -0.05) is 0 Å². The van der Waals surface area contributed by atoms with Crippen LogP contribution in [0.1, 0.15) is 10.4 Å². The summed E-state index contributed by atoms with van der Waals surface area (Å²) in [6.45, 7) is 0. The maximum absolute atomic E-state index is 13.2. The number of H-pyrrole nitrogens is 1. The maximum Gasteiger partial charge on any atom is 0.490 e. The van der Waals surface area contributed by atoms with Gasteiger partial charge >= 0.3 is 12.1 Å². The first-order valence-electron chi connectivity index (χ1n) is 11.8. The van der Waals surface area contributed by atoms with Crippen LogP contribution in [0.4, 0.5) is 24.8 Å². The molecule has 236 valence electrons. The van der Waals surface area contributed by atoms with Crippen molar-refractivity contribution < 1.29 is 50.5 Å². The number of ether oxygens (including phenoxy) is 3. The van der Waals surface area contributed by atoms with Crippen molar-refractivity contribution in [2.45, 2.75) is 11.1 Å². The van der Waals surface area contributed by atoms with Crippen LogP contribution in [-0.2, 0) is 21.9 Å². The van der Waals surface area contributed by atoms with E-state index in [1.807, 2.05) is 0 Å². The molecule has 0 aliphatic rings. The third-order valence-corrected chi connectivity index (χ3v) is 6.89. The van der Waals surface area contributed by atoms with Gasteiger partial charge in [0.1, 0.15) is 27.5 Å². The quantitative estimate of drug-likeness (QED) is 0.165. The van der Waals surface area contributed by atoms with Gasteiger partial charge in [-0.15, -0.1) is 0 Å². The van der Waals surface area contributed by atoms with Crippen LogP contribution in [0, 0.1) is 0 Å². The second-order valence-corrected chi connectivity index (χ2v) is 9.99. The van der Waals surface area contributed by atoms with E-state index in [4.69, 9.17) is 24.1 Å². The molecule has 2 heterocycles. The van der Waals surface area contributed by atoms with Crippen LogP contribution in [0.15, 0.2) is 52.3 Å². The third kappa shape index (κ3) is 7.65. The number of benzene rings is 2. The molecule has 2 aromatic heterocycles. The van der Waals surface area contributed by atoms with Crippen molar-refractivity contribution in [2.24, 2.45) is 7.05 Å². The molecule has 0 aliphatic heterocycles. The predicted molar refractivity (Wildman–Crippen MR) is 147 cm³/mol. The zero-order valence-corrected chi connectivity index (χ0v) is 24.0. The lowest BCUT2D eigenvalue weighted by molar-refractivity contribution is -0.192. The van der Waals surface area contributed by atoms with Gasteiger partial charge in [0.05, 0.1) is 33.2 Å². The number of anilines is 2. The van der Waals surface area contributed by atoms with Crippen molar-refractivity contribution in [3.63, 3.8) is 0 Å². The van der Waals surface area contributed by atoms with Crippen LogP contribution in [-0.4, -0.2) is 72.7 Å². The van der Waals surface area contributed by atoms with Gasteiger partial charge in [0.25, 0.3) is 21.5 Å². The molecule has 0 atom stereocenters. The highest BCUT2D eigenvalue weighted by Gasteiger charge is 2.38. The van der Waals surface area contributed by atoms with E-state index in [9.17, 15) is 31.2 Å². The van der Waals surface area contributed by atoms with Crippen LogP contribution in [0.25, 0.3) is 11.0 Å². The van der Waals surface area contributed by atoms with Crippen molar-refractivity contribution in [1.82, 2.24) is 25.2 Å². The second-order valence-electron chi connectivity index (χ2n) is 8.34. The van der Waals surface area contributed by atoms with E-state index < -0.39 is 33.6 Å². The van der Waals surface area contributed by atoms with Gasteiger partial charge in [0.15, 0.2) is 5.65 Å². The molecule has 0 unspecified atom stereocenters. The topological polar surface area (TPSA) is 216 Å². The number of methoxy groups -OCH3 is 3. The first-order valence-corrected chi connectivity index (χ1v) is 13.3. The first kappa shape index (κ1) is 33.0. The number of hydrogen-bond donors (Lipinski definition) is 5. The molecule has 0 aliphatic carbocycles. The molecule has 0 saturated carbocycles. The lowest BCUT2D eigenvalue weighted by atomic mass is 10.2. The lowest BCUT2D eigenvalue weighted by Gasteiger charge is -2.15. The zero-order chi connectivity index (χ0) is 32.8. The number of amides is 1. The Labute approximate surface area is 245 Å². The Morgan fingerprint density at radius 1 is 1.02 bits per heavy atom. The SMILES string of the molecule is COc1ccc(NS(=O)(=O)c2cc(C(=O)NNc3nc4c(cnn4C)c(=O)[nH]3)ccc2OC)c(OC)c1.O=C(O)C(F)(F)F. The number of nitrogens with zero attached hydrogens (tertiary/aromatic N) is 3. The highest BCUT2D eigenvalue weighted by molar-refractivity contribution is 7.92. The zero-order valence-electron chi connectivity index (χ0n) is 23.1. The molecule has 4 rings (SSSR count). The number of hydrogen-bond acceptors (Lipinski definition) is 11. The Hall–Kier alpha value is -5.53. The second kappa shape index (κ2) is 13.2. The smallest absolute Gasteiger partial charge is 0.490 e. The summed E-state index contributed by atoms with van der Waals surface area (Å²) in [5.41, 5.74) is 4.88. The molecule has 0 saturated heterocycles. The van der Waals surface area contributed by atoms with E-state index in [0.717, 1.165) is 6.07 Å². The number of aliphatic carboxylic acids is 1. The van der Waals surface area contributed by atoms with Gasteiger partial charge in [-0.2, -0.15) is 23.3 Å². The summed E-state index contributed by atoms with van der Waals surface area (Å²) in [4.78, 5) is 40.2. The number of aromatic nitrogens is 4. The molecule has 16 nitrogen and oxygen atoms in total. The Morgan fingerprint density at radius 3 is 2.27 bits per heavy atom. The number of alkyl halides is 3. The fourth-order valence-electron chi connectivity index (χ4n) is 3.39. The van der Waals surface area contributed by atoms with Gasteiger partial charge in [0, 0.05) is 18.7 Å². The molecule has 2 aromatic carbocycles. The largest absolute Gasteiger partial charge is 0.497 e. The Kier molecular flexibility index (Phi) is 9.89. The van der Waals surface area contributed by atoms with Crippen LogP contribution in [0.5, 0.6) is 17.2 Å². The first-order chi connectivity index (χ1) is 20.6. The van der Waals surface area contributed by atoms with E-state index in [0.29, 0.717) is 11.4 Å². The fraction of sp³-hybridized carbons (Fsp3) is 0.208. The Balaban J connectivity index is 0.000000676. The maximum atomic E-state index is 13.2. The Morgan fingerprint density at radius 2 is 1.68 bits per heavy atom. The summed E-state index contributed by atoms with van der Waals surface area (Å²) >= 11 is 0. The minimum Gasteiger partial charge on any atom is -0.497 e. The number of carboxylic acids is 1. The number of hydrazine groups is 1. The number of nitrogens with one attached hydrogen (secondary N) is 4. The van der Waals surface area contributed by atoms with Crippen LogP contribution in [0.3, 0.4) is 0 Å². The van der Waals surface area contributed by atoms with Crippen LogP contribution in [0.2, 0.25) is 0 Å². The minimum atomic E-state index is -5.08. The van der Waals surface area contributed by atoms with Crippen molar-refractivity contribution in [2.75, 3.05) is 31.5 Å². The summed E-state index contributed by atoms with van der Waals surface area (Å²) in [5, 5.41) is 11.4. The highest BCUT2D eigenvalue weighted by atomic mass is 32.2. The number of sulfonamides is 1. The van der Waals surface area contributed by atoms with Crippen LogP contribution < -0.4 is 35.3 Å². The van der Waals surface area contributed by atoms with Crippen LogP contribution >= 0.6 is 0 Å². The van der Waals surface area contributed by atoms with E-state index >= 15 is 0 Å². The average Bonchev–Trinajstić information content (AvgIpc) is 3.36. The Bertz CT molecular complexity index is 1860. The summed E-state index contributed by atoms with van der Waals surface area (Å²) in [6, 6.07) is 8.43. The van der Waals surface area contributed by atoms with Crippen molar-refractivity contribution in [3.8, 4) is 17.2 Å². The molecular formula is C24H24F3N7O9S. The number of aromatic amines is 1. The summed E-state index contributed by atoms with van der Waals surface area (Å²) in [7, 11) is 1.56. The van der Waals surface area contributed by atoms with Crippen molar-refractivity contribution in [1.29, 1.82) is 0 Å². The standard InChI is InChI=1S/C22H23N7O7S.C2HF3O2/c1-29-19-14(11-23-29)21(31)25-22(24-19)27-26-20(30)12-5-8-16(35-3)18(9-12)37(32,33)28-15-7-6-13(34-2)10-17(15)36-4;3-2(4,5)1(6)7/h5-11,28H,1-4H3,(H,26,30)(H2,24,25,27,31);(H,6,7). The van der Waals surface area contributed by atoms with Gasteiger partial charge < -0.3 is 19.3 Å². The van der Waals surface area contributed by atoms with E-state index in [1.165, 1.54) is 56.5 Å². The minimum absolute atomic E-state index is 0.0112. The van der Waals surface area contributed by atoms with Gasteiger partial charge in [-0.3, -0.25) is 34.8 Å². The number of carbonyl (C=O) groups is 2. The number of halogens is 3. The summed E-state index contributed by atoms with van der Waals surface area (Å²) < 4.78 is 77.7. The number of carbonyl (C=O) groups excluding carboxylic acids is 1. The number of aryl methyl sites for hydroxylation is 1. The van der Waals surface area contributed by atoms with E-state index in [1.54, 1.807) is 13.1 Å². The molecule has 44 heavy (non-hydrogen) atoms. The van der Waals surface area contributed by atoms with Crippen molar-refractivity contribution >= 4 is 44.6 Å². The highest BCUT2D eigenvalue weighted by Crippen LogP contribution is 2.33. The number of rotatable bonds is 9. The monoisotopic (exact) mass is 643 g/mol. The number of carboxylic acid groups (broad SMARTS) is 1. The third-order valence-electron chi connectivity index (χ3n) is 5.51. The molecule has 0 spiro atoms. The normalized spacial score (nSPS) is 11.2. The lowest BCUT2D eigenvalue weighted by Crippen LogP contribution is -2.31. The molecule has 1 amide bonds. The van der Waals surface area contributed by atoms with Gasteiger partial charge in [0.2, 0.25) is 5.95 Å². The molecule has 0 radical (unpaired) electrons. The van der Waals surface area contributed by atoms with E-state index in [-0.39, 0.29) is 39.0 Å². The molecule has 20 heteroatoms. The molecule has 0 bridgehead atoms. The van der Waals surface area contributed by atoms with E-state index in [2.05, 4.69) is 30.6 Å². The summed E-state index contributed by atoms with van der Waals surface area (Å²) in [5.74, 6) is -2.78. The fourth-order valence-corrected chi connectivity index (χ4v) is 4.66. The molecule has 4 aromatic rings. The molecule has 0 fully saturated rings. The van der Waals surface area contributed by atoms with Gasteiger partial charge in [-0.05, 0) is 30.3 Å². The average molecular weight is 644 g/mol. The summed E-state index contributed by atoms with van der Waals surface area (Å²) in [6.07, 6.45) is -3.71. The molecule has 5 N–H and O–H groups in total.